The van der Waals surface area contributed by atoms with Crippen LogP contribution in [0.25, 0.3) is 0 Å². The highest BCUT2D eigenvalue weighted by atomic mass is 32.2. The van der Waals surface area contributed by atoms with Crippen LogP contribution in [0.3, 0.4) is 0 Å². The molecule has 0 radical (unpaired) electrons. The van der Waals surface area contributed by atoms with Gasteiger partial charge < -0.3 is 0 Å². The largest absolute Gasteiger partial charge is 0.267 e. The van der Waals surface area contributed by atoms with Crippen molar-refractivity contribution < 1.29 is 16.8 Å². The molecule has 1 aliphatic rings. The molecule has 2 rings (SSSR count). The van der Waals surface area contributed by atoms with Crippen molar-refractivity contribution in [3.05, 3.63) is 12.3 Å². The maximum Gasteiger partial charge on any atom is 0.237 e. The monoisotopic (exact) mass is 265 g/mol. The van der Waals surface area contributed by atoms with Crippen molar-refractivity contribution in [1.82, 2.24) is 10.2 Å². The highest BCUT2D eigenvalue weighted by Crippen LogP contribution is 2.20. The standard InChI is InChI=1S/C7H11N3O4S2/c11-15(12)4-2-6(5-15)16(13,14)10-7-1-3-8-9-7/h1,3,6H,2,4-5H2,(H2,8,9,10). The van der Waals surface area contributed by atoms with Crippen molar-refractivity contribution in [3.63, 3.8) is 0 Å². The average Bonchev–Trinajstić information content (AvgIpc) is 2.74. The molecule has 7 nitrogen and oxygen atoms in total. The van der Waals surface area contributed by atoms with Gasteiger partial charge in [-0.15, -0.1) is 0 Å². The number of aromatic amines is 1. The number of H-pyrrole nitrogens is 1. The summed E-state index contributed by atoms with van der Waals surface area (Å²) in [5.41, 5.74) is 0. The van der Waals surface area contributed by atoms with E-state index < -0.39 is 25.1 Å². The molecule has 1 saturated heterocycles. The predicted molar refractivity (Wildman–Crippen MR) is 58.2 cm³/mol. The molecule has 0 aliphatic carbocycles. The topological polar surface area (TPSA) is 109 Å². The Morgan fingerprint density at radius 2 is 2.25 bits per heavy atom. The van der Waals surface area contributed by atoms with E-state index in [9.17, 15) is 16.8 Å². The third-order valence-electron chi connectivity index (χ3n) is 2.38. The van der Waals surface area contributed by atoms with Crippen LogP contribution in [0.5, 0.6) is 0 Å². The Kier molecular flexibility index (Phi) is 2.66. The van der Waals surface area contributed by atoms with Crippen molar-refractivity contribution in [2.75, 3.05) is 16.2 Å². The third-order valence-corrected chi connectivity index (χ3v) is 6.15. The number of hydrogen-bond donors (Lipinski definition) is 2. The van der Waals surface area contributed by atoms with E-state index in [2.05, 4.69) is 14.9 Å². The summed E-state index contributed by atoms with van der Waals surface area (Å²) in [7, 11) is -6.86. The molecule has 1 aromatic rings. The van der Waals surface area contributed by atoms with Gasteiger partial charge in [0.2, 0.25) is 10.0 Å². The van der Waals surface area contributed by atoms with E-state index >= 15 is 0 Å². The molecule has 1 fully saturated rings. The first-order chi connectivity index (χ1) is 7.39. The van der Waals surface area contributed by atoms with Crippen LogP contribution in [-0.4, -0.2) is 43.8 Å². The fourth-order valence-electron chi connectivity index (χ4n) is 1.55. The number of hydrogen-bond acceptors (Lipinski definition) is 5. The second-order valence-corrected chi connectivity index (χ2v) is 7.83. The Labute approximate surface area is 93.2 Å². The molecule has 2 N–H and O–H groups in total. The SMILES string of the molecule is O=S1(=O)CCC(S(=O)(=O)Nc2ccn[nH]2)C1. The average molecular weight is 265 g/mol. The highest BCUT2D eigenvalue weighted by molar-refractivity contribution is 7.97. The van der Waals surface area contributed by atoms with Gasteiger partial charge >= 0.3 is 0 Å². The first-order valence-electron chi connectivity index (χ1n) is 4.60. The van der Waals surface area contributed by atoms with Crippen molar-refractivity contribution in [1.29, 1.82) is 0 Å². The van der Waals surface area contributed by atoms with Gasteiger partial charge in [-0.2, -0.15) is 5.10 Å². The number of nitrogens with one attached hydrogen (secondary N) is 2. The van der Waals surface area contributed by atoms with E-state index in [1.807, 2.05) is 0 Å². The van der Waals surface area contributed by atoms with Crippen molar-refractivity contribution in [2.45, 2.75) is 11.7 Å². The minimum atomic E-state index is -3.65. The van der Waals surface area contributed by atoms with Gasteiger partial charge in [0.15, 0.2) is 9.84 Å². The molecule has 0 bridgehead atoms. The summed E-state index contributed by atoms with van der Waals surface area (Å²) in [6, 6.07) is 1.46. The second-order valence-electron chi connectivity index (χ2n) is 3.64. The number of aromatic nitrogens is 2. The van der Waals surface area contributed by atoms with E-state index in [0.29, 0.717) is 0 Å². The summed E-state index contributed by atoms with van der Waals surface area (Å²) in [5, 5.41) is 5.16. The Bertz CT molecular complexity index is 561. The van der Waals surface area contributed by atoms with Crippen LogP contribution in [0.15, 0.2) is 12.3 Å². The second kappa shape index (κ2) is 3.74. The maximum atomic E-state index is 11.8. The fraction of sp³-hybridized carbons (Fsp3) is 0.571. The minimum absolute atomic E-state index is 0.0679. The fourth-order valence-corrected chi connectivity index (χ4v) is 5.60. The normalized spacial score (nSPS) is 24.4. The lowest BCUT2D eigenvalue weighted by Gasteiger charge is -2.10. The minimum Gasteiger partial charge on any atom is -0.267 e. The molecular formula is C7H11N3O4S2. The zero-order valence-corrected chi connectivity index (χ0v) is 9.88. The molecule has 1 aliphatic heterocycles. The smallest absolute Gasteiger partial charge is 0.237 e. The summed E-state index contributed by atoms with van der Waals surface area (Å²) in [6.45, 7) is 0. The molecule has 90 valence electrons. The molecule has 0 saturated carbocycles. The van der Waals surface area contributed by atoms with Crippen LogP contribution in [0.1, 0.15) is 6.42 Å². The predicted octanol–water partition coefficient (Wildman–Crippen LogP) is -0.662. The summed E-state index contributed by atoms with van der Waals surface area (Å²) >= 11 is 0. The molecule has 0 amide bonds. The summed E-state index contributed by atoms with van der Waals surface area (Å²) in [6.07, 6.45) is 1.55. The van der Waals surface area contributed by atoms with Gasteiger partial charge in [-0.25, -0.2) is 16.8 Å². The van der Waals surface area contributed by atoms with Gasteiger partial charge in [-0.05, 0) is 6.42 Å². The molecule has 1 atom stereocenters. The van der Waals surface area contributed by atoms with Gasteiger partial charge in [0, 0.05) is 6.07 Å². The zero-order chi connectivity index (χ0) is 11.8. The van der Waals surface area contributed by atoms with Gasteiger partial charge in [-0.3, -0.25) is 9.82 Å². The number of sulfonamides is 1. The molecular weight excluding hydrogens is 254 g/mol. The number of sulfone groups is 1. The van der Waals surface area contributed by atoms with Gasteiger partial charge in [-0.1, -0.05) is 0 Å². The Hall–Kier alpha value is -1.09. The Morgan fingerprint density at radius 1 is 1.50 bits per heavy atom. The Balaban J connectivity index is 2.15. The van der Waals surface area contributed by atoms with E-state index in [1.165, 1.54) is 12.3 Å². The Morgan fingerprint density at radius 3 is 2.75 bits per heavy atom. The molecule has 0 spiro atoms. The van der Waals surface area contributed by atoms with E-state index in [1.54, 1.807) is 0 Å². The number of rotatable bonds is 3. The summed E-state index contributed by atoms with van der Waals surface area (Å²) in [5.74, 6) is -0.137. The number of anilines is 1. The lowest BCUT2D eigenvalue weighted by Crippen LogP contribution is -2.28. The van der Waals surface area contributed by atoms with Crippen molar-refractivity contribution in [2.24, 2.45) is 0 Å². The lowest BCUT2D eigenvalue weighted by atomic mass is 10.4. The summed E-state index contributed by atoms with van der Waals surface area (Å²) < 4.78 is 48.2. The first-order valence-corrected chi connectivity index (χ1v) is 7.97. The zero-order valence-electron chi connectivity index (χ0n) is 8.25. The third kappa shape index (κ3) is 2.35. The molecule has 0 aromatic carbocycles. The van der Waals surface area contributed by atoms with Crippen LogP contribution in [-0.2, 0) is 19.9 Å². The van der Waals surface area contributed by atoms with E-state index in [0.717, 1.165) is 0 Å². The van der Waals surface area contributed by atoms with Gasteiger partial charge in [0.25, 0.3) is 0 Å². The number of nitrogens with zero attached hydrogens (tertiary/aromatic N) is 1. The van der Waals surface area contributed by atoms with Crippen LogP contribution < -0.4 is 4.72 Å². The highest BCUT2D eigenvalue weighted by Gasteiger charge is 2.37. The van der Waals surface area contributed by atoms with E-state index in [-0.39, 0.29) is 23.7 Å². The van der Waals surface area contributed by atoms with Crippen molar-refractivity contribution >= 4 is 25.7 Å². The van der Waals surface area contributed by atoms with Crippen LogP contribution in [0, 0.1) is 0 Å². The molecule has 9 heteroatoms. The molecule has 1 unspecified atom stereocenters. The molecule has 16 heavy (non-hydrogen) atoms. The lowest BCUT2D eigenvalue weighted by molar-refractivity contribution is 0.587. The summed E-state index contributed by atoms with van der Waals surface area (Å²) in [4.78, 5) is 0. The van der Waals surface area contributed by atoms with Gasteiger partial charge in [0.05, 0.1) is 23.0 Å². The van der Waals surface area contributed by atoms with Crippen LogP contribution in [0.2, 0.25) is 0 Å². The van der Waals surface area contributed by atoms with Crippen LogP contribution >= 0.6 is 0 Å². The maximum absolute atomic E-state index is 11.8. The molecule has 2 heterocycles. The quantitative estimate of drug-likeness (QED) is 0.754. The van der Waals surface area contributed by atoms with Crippen molar-refractivity contribution in [3.8, 4) is 0 Å². The van der Waals surface area contributed by atoms with E-state index in [4.69, 9.17) is 0 Å². The van der Waals surface area contributed by atoms with Gasteiger partial charge in [0.1, 0.15) is 5.82 Å². The first kappa shape index (κ1) is 11.4. The van der Waals surface area contributed by atoms with Crippen LogP contribution in [0.4, 0.5) is 5.82 Å². The molecule has 1 aromatic heterocycles.